The fourth-order valence-corrected chi connectivity index (χ4v) is 4.72. The SMILES string of the molecule is Cc1cc(O)c(C2=Nc3ccccc3NC(c3cn(C4CCCC4)nc3C)C2)c(=O)o1. The summed E-state index contributed by atoms with van der Waals surface area (Å²) in [5.74, 6) is 0.258. The fourth-order valence-electron chi connectivity index (χ4n) is 4.72. The molecule has 1 unspecified atom stereocenters. The smallest absolute Gasteiger partial charge is 0.348 e. The second-order valence-corrected chi connectivity index (χ2v) is 8.47. The molecule has 3 aromatic rings. The van der Waals surface area contributed by atoms with Gasteiger partial charge in [-0.15, -0.1) is 0 Å². The Balaban J connectivity index is 1.60. The van der Waals surface area contributed by atoms with Crippen molar-refractivity contribution in [3.8, 4) is 5.75 Å². The van der Waals surface area contributed by atoms with Crippen LogP contribution in [-0.2, 0) is 0 Å². The first-order valence-corrected chi connectivity index (χ1v) is 10.8. The highest BCUT2D eigenvalue weighted by Crippen LogP contribution is 2.38. The minimum absolute atomic E-state index is 0.107. The van der Waals surface area contributed by atoms with Crippen molar-refractivity contribution in [3.05, 3.63) is 69.5 Å². The average Bonchev–Trinajstić information content (AvgIpc) is 3.33. The third-order valence-corrected chi connectivity index (χ3v) is 6.26. The van der Waals surface area contributed by atoms with Crippen LogP contribution in [0.4, 0.5) is 11.4 Å². The minimum atomic E-state index is -0.576. The fraction of sp³-hybridized carbons (Fsp3) is 0.375. The molecule has 7 nitrogen and oxygen atoms in total. The Labute approximate surface area is 180 Å². The molecule has 0 saturated heterocycles. The molecular weight excluding hydrogens is 392 g/mol. The Morgan fingerprint density at radius 3 is 2.74 bits per heavy atom. The van der Waals surface area contributed by atoms with Gasteiger partial charge < -0.3 is 14.8 Å². The van der Waals surface area contributed by atoms with Crippen LogP contribution in [0, 0.1) is 13.8 Å². The zero-order valence-electron chi connectivity index (χ0n) is 17.8. The summed E-state index contributed by atoms with van der Waals surface area (Å²) in [6.07, 6.45) is 7.36. The number of aryl methyl sites for hydroxylation is 2. The molecule has 5 rings (SSSR count). The van der Waals surface area contributed by atoms with Crippen LogP contribution in [0.1, 0.15) is 66.8 Å². The zero-order chi connectivity index (χ0) is 21.5. The van der Waals surface area contributed by atoms with Crippen LogP contribution in [-0.4, -0.2) is 20.6 Å². The van der Waals surface area contributed by atoms with E-state index in [-0.39, 0.29) is 17.4 Å². The molecule has 0 spiro atoms. The minimum Gasteiger partial charge on any atom is -0.507 e. The number of aromatic nitrogens is 2. The molecule has 160 valence electrons. The van der Waals surface area contributed by atoms with Crippen molar-refractivity contribution in [2.45, 2.75) is 58.0 Å². The zero-order valence-corrected chi connectivity index (χ0v) is 17.8. The van der Waals surface area contributed by atoms with Gasteiger partial charge in [-0.3, -0.25) is 9.67 Å². The number of anilines is 1. The standard InChI is InChI=1S/C24H26N4O3/c1-14-11-22(29)23(24(30)31-14)21-12-20(25-18-9-5-6-10-19(18)26-21)17-13-28(27-15(17)2)16-7-3-4-8-16/h5-6,9-11,13,16,20,25,29H,3-4,7-8,12H2,1-2H3. The van der Waals surface area contributed by atoms with Gasteiger partial charge in [-0.2, -0.15) is 5.10 Å². The molecule has 0 radical (unpaired) electrons. The van der Waals surface area contributed by atoms with Gasteiger partial charge in [0, 0.05) is 24.2 Å². The van der Waals surface area contributed by atoms with Crippen LogP contribution < -0.4 is 10.9 Å². The van der Waals surface area contributed by atoms with Crippen molar-refractivity contribution in [3.63, 3.8) is 0 Å². The molecule has 31 heavy (non-hydrogen) atoms. The molecule has 2 aromatic heterocycles. The number of para-hydroxylation sites is 2. The summed E-state index contributed by atoms with van der Waals surface area (Å²) in [6, 6.07) is 9.50. The largest absolute Gasteiger partial charge is 0.507 e. The molecule has 1 atom stereocenters. The molecule has 2 N–H and O–H groups in total. The van der Waals surface area contributed by atoms with Gasteiger partial charge in [-0.25, -0.2) is 4.79 Å². The van der Waals surface area contributed by atoms with E-state index in [1.54, 1.807) is 6.92 Å². The Kier molecular flexibility index (Phi) is 4.88. The molecule has 7 heteroatoms. The number of nitrogens with one attached hydrogen (secondary N) is 1. The predicted octanol–water partition coefficient (Wildman–Crippen LogP) is 4.95. The molecule has 1 saturated carbocycles. The van der Waals surface area contributed by atoms with Crippen molar-refractivity contribution < 1.29 is 9.52 Å². The topological polar surface area (TPSA) is 92.7 Å². The second-order valence-electron chi connectivity index (χ2n) is 8.47. The van der Waals surface area contributed by atoms with Gasteiger partial charge >= 0.3 is 5.63 Å². The number of rotatable bonds is 3. The van der Waals surface area contributed by atoms with Gasteiger partial charge in [0.25, 0.3) is 0 Å². The van der Waals surface area contributed by atoms with Gasteiger partial charge in [0.1, 0.15) is 17.1 Å². The maximum absolute atomic E-state index is 12.6. The molecule has 1 aliphatic heterocycles. The normalized spacial score (nSPS) is 18.9. The van der Waals surface area contributed by atoms with E-state index in [1.807, 2.05) is 31.2 Å². The Hall–Kier alpha value is -3.35. The summed E-state index contributed by atoms with van der Waals surface area (Å²) < 4.78 is 7.38. The first kappa shape index (κ1) is 19.6. The highest BCUT2D eigenvalue weighted by Gasteiger charge is 2.28. The number of hydrogen-bond donors (Lipinski definition) is 2. The molecule has 0 amide bonds. The maximum atomic E-state index is 12.6. The molecule has 0 bridgehead atoms. The van der Waals surface area contributed by atoms with Gasteiger partial charge in [0.15, 0.2) is 0 Å². The lowest BCUT2D eigenvalue weighted by atomic mass is 9.98. The number of benzene rings is 1. The number of hydrogen-bond acceptors (Lipinski definition) is 6. The van der Waals surface area contributed by atoms with E-state index in [4.69, 9.17) is 14.5 Å². The third-order valence-electron chi connectivity index (χ3n) is 6.26. The molecule has 1 aromatic carbocycles. The predicted molar refractivity (Wildman–Crippen MR) is 119 cm³/mol. The molecule has 3 heterocycles. The van der Waals surface area contributed by atoms with E-state index in [2.05, 4.69) is 16.2 Å². The van der Waals surface area contributed by atoms with Crippen LogP contribution in [0.15, 0.2) is 50.7 Å². The lowest BCUT2D eigenvalue weighted by molar-refractivity contribution is 0.432. The summed E-state index contributed by atoms with van der Waals surface area (Å²) >= 11 is 0. The highest BCUT2D eigenvalue weighted by molar-refractivity contribution is 6.05. The Bertz CT molecular complexity index is 1220. The lowest BCUT2D eigenvalue weighted by Gasteiger charge is -2.18. The van der Waals surface area contributed by atoms with E-state index in [0.717, 1.165) is 35.5 Å². The van der Waals surface area contributed by atoms with Crippen LogP contribution in [0.25, 0.3) is 0 Å². The van der Waals surface area contributed by atoms with E-state index in [0.29, 0.717) is 23.9 Å². The van der Waals surface area contributed by atoms with E-state index in [9.17, 15) is 9.90 Å². The molecule has 1 aliphatic carbocycles. The maximum Gasteiger partial charge on any atom is 0.348 e. The second kappa shape index (κ2) is 7.72. The Morgan fingerprint density at radius 1 is 1.19 bits per heavy atom. The molecular formula is C24H26N4O3. The number of aliphatic imine (C=N–C) groups is 1. The lowest BCUT2D eigenvalue weighted by Crippen LogP contribution is -2.20. The van der Waals surface area contributed by atoms with Gasteiger partial charge in [-0.05, 0) is 38.8 Å². The first-order valence-electron chi connectivity index (χ1n) is 10.8. The van der Waals surface area contributed by atoms with Crippen molar-refractivity contribution in [2.75, 3.05) is 5.32 Å². The number of aromatic hydroxyl groups is 1. The highest BCUT2D eigenvalue weighted by atomic mass is 16.4. The summed E-state index contributed by atoms with van der Waals surface area (Å²) in [5.41, 5.74) is 3.69. The monoisotopic (exact) mass is 418 g/mol. The number of fused-ring (bicyclic) bond motifs is 1. The summed E-state index contributed by atoms with van der Waals surface area (Å²) in [6.45, 7) is 3.66. The summed E-state index contributed by atoms with van der Waals surface area (Å²) in [4.78, 5) is 17.4. The van der Waals surface area contributed by atoms with Crippen molar-refractivity contribution in [1.29, 1.82) is 0 Å². The molecule has 2 aliphatic rings. The number of nitrogens with zero attached hydrogens (tertiary/aromatic N) is 3. The quantitative estimate of drug-likeness (QED) is 0.628. The van der Waals surface area contributed by atoms with Crippen LogP contribution in [0.3, 0.4) is 0 Å². The van der Waals surface area contributed by atoms with Gasteiger partial charge in [0.05, 0.1) is 34.9 Å². The van der Waals surface area contributed by atoms with Gasteiger partial charge in [-0.1, -0.05) is 25.0 Å². The van der Waals surface area contributed by atoms with Crippen molar-refractivity contribution in [2.24, 2.45) is 4.99 Å². The van der Waals surface area contributed by atoms with Crippen LogP contribution >= 0.6 is 0 Å². The first-order chi connectivity index (χ1) is 15.0. The van der Waals surface area contributed by atoms with E-state index in [1.165, 1.54) is 18.9 Å². The van der Waals surface area contributed by atoms with Gasteiger partial charge in [0.2, 0.25) is 0 Å². The third kappa shape index (κ3) is 3.65. The summed E-state index contributed by atoms with van der Waals surface area (Å²) in [7, 11) is 0. The molecule has 1 fully saturated rings. The van der Waals surface area contributed by atoms with E-state index < -0.39 is 5.63 Å². The van der Waals surface area contributed by atoms with Crippen molar-refractivity contribution >= 4 is 17.1 Å². The summed E-state index contributed by atoms with van der Waals surface area (Å²) in [5, 5.41) is 18.9. The Morgan fingerprint density at radius 2 is 1.97 bits per heavy atom. The average molecular weight is 418 g/mol. The van der Waals surface area contributed by atoms with E-state index >= 15 is 0 Å². The van der Waals surface area contributed by atoms with Crippen LogP contribution in [0.5, 0.6) is 5.75 Å². The van der Waals surface area contributed by atoms with Crippen molar-refractivity contribution in [1.82, 2.24) is 9.78 Å². The van der Waals surface area contributed by atoms with Crippen LogP contribution in [0.2, 0.25) is 0 Å².